The van der Waals surface area contributed by atoms with Crippen LogP contribution < -0.4 is 10.6 Å². The molecule has 0 heterocycles. The van der Waals surface area contributed by atoms with E-state index in [0.29, 0.717) is 19.0 Å². The molecule has 2 N–H and O–H groups in total. The minimum Gasteiger partial charge on any atom is -0.355 e. The number of hydrogen-bond acceptors (Lipinski definition) is 2. The Bertz CT molecular complexity index is 391. The minimum absolute atomic E-state index is 0.0782. The first-order chi connectivity index (χ1) is 8.25. The van der Waals surface area contributed by atoms with Crippen LogP contribution in [0, 0.1) is 0 Å². The molecule has 1 fully saturated rings. The summed E-state index contributed by atoms with van der Waals surface area (Å²) >= 11 is 3.44. The van der Waals surface area contributed by atoms with Gasteiger partial charge in [-0.15, -0.1) is 0 Å². The topological polar surface area (TPSA) is 41.1 Å². The van der Waals surface area contributed by atoms with Crippen molar-refractivity contribution in [3.63, 3.8) is 0 Å². The van der Waals surface area contributed by atoms with Crippen molar-refractivity contribution in [1.29, 1.82) is 0 Å². The van der Waals surface area contributed by atoms with Crippen LogP contribution in [0.15, 0.2) is 28.7 Å². The second-order valence-corrected chi connectivity index (χ2v) is 5.20. The van der Waals surface area contributed by atoms with E-state index in [2.05, 4.69) is 26.6 Å². The van der Waals surface area contributed by atoms with E-state index in [-0.39, 0.29) is 5.91 Å². The quantitative estimate of drug-likeness (QED) is 0.787. The zero-order valence-electron chi connectivity index (χ0n) is 9.71. The number of amides is 1. The average Bonchev–Trinajstić information content (AvgIpc) is 3.12. The molecule has 17 heavy (non-hydrogen) atoms. The molecule has 0 spiro atoms. The molecule has 1 amide bonds. The summed E-state index contributed by atoms with van der Waals surface area (Å²) in [6.45, 7) is 1.58. The maximum absolute atomic E-state index is 11.7. The fourth-order valence-corrected chi connectivity index (χ4v) is 2.07. The van der Waals surface area contributed by atoms with Crippen molar-refractivity contribution in [2.24, 2.45) is 0 Å². The third-order valence-electron chi connectivity index (χ3n) is 2.77. The van der Waals surface area contributed by atoms with Gasteiger partial charge in [-0.3, -0.25) is 4.79 Å². The van der Waals surface area contributed by atoms with Crippen LogP contribution in [0.1, 0.15) is 18.4 Å². The lowest BCUT2D eigenvalue weighted by atomic mass is 10.1. The van der Waals surface area contributed by atoms with E-state index in [1.54, 1.807) is 0 Å². The first-order valence-electron chi connectivity index (χ1n) is 5.99. The normalized spacial score (nSPS) is 14.6. The van der Waals surface area contributed by atoms with E-state index in [9.17, 15) is 4.79 Å². The highest BCUT2D eigenvalue weighted by Gasteiger charge is 2.19. The lowest BCUT2D eigenvalue weighted by Crippen LogP contribution is -2.33. The number of nitrogens with one attached hydrogen (secondary N) is 2. The van der Waals surface area contributed by atoms with Crippen LogP contribution >= 0.6 is 15.9 Å². The van der Waals surface area contributed by atoms with Gasteiger partial charge in [0.1, 0.15) is 0 Å². The van der Waals surface area contributed by atoms with Crippen LogP contribution in [0.25, 0.3) is 0 Å². The Morgan fingerprint density at radius 3 is 2.76 bits per heavy atom. The van der Waals surface area contributed by atoms with Crippen molar-refractivity contribution >= 4 is 21.8 Å². The van der Waals surface area contributed by atoms with Gasteiger partial charge in [0, 0.05) is 23.6 Å². The molecule has 0 aromatic heterocycles. The van der Waals surface area contributed by atoms with E-state index in [1.165, 1.54) is 12.8 Å². The molecule has 1 saturated carbocycles. The predicted octanol–water partition coefficient (Wildman–Crippen LogP) is 1.86. The summed E-state index contributed by atoms with van der Waals surface area (Å²) in [5.41, 5.74) is 1.03. The molecular weight excluding hydrogens is 280 g/mol. The van der Waals surface area contributed by atoms with Crippen molar-refractivity contribution in [3.8, 4) is 0 Å². The summed E-state index contributed by atoms with van der Waals surface area (Å²) < 4.78 is 0.992. The maximum Gasteiger partial charge on any atom is 0.224 e. The van der Waals surface area contributed by atoms with E-state index < -0.39 is 0 Å². The van der Waals surface area contributed by atoms with Gasteiger partial charge >= 0.3 is 0 Å². The summed E-state index contributed by atoms with van der Waals surface area (Å²) in [7, 11) is 0. The highest BCUT2D eigenvalue weighted by molar-refractivity contribution is 9.10. The predicted molar refractivity (Wildman–Crippen MR) is 71.9 cm³/mol. The van der Waals surface area contributed by atoms with Gasteiger partial charge in [0.25, 0.3) is 0 Å². The molecule has 0 saturated heterocycles. The van der Waals surface area contributed by atoms with Gasteiger partial charge in [0.15, 0.2) is 0 Å². The van der Waals surface area contributed by atoms with E-state index >= 15 is 0 Å². The van der Waals surface area contributed by atoms with E-state index in [0.717, 1.165) is 16.6 Å². The standard InChI is InChI=1S/C13H17BrN2O/c14-12-4-2-1-3-10(12)9-13(17)16-8-7-15-11-5-6-11/h1-4,11,15H,5-9H2,(H,16,17). The second-order valence-electron chi connectivity index (χ2n) is 4.35. The average molecular weight is 297 g/mol. The first kappa shape index (κ1) is 12.6. The SMILES string of the molecule is O=C(Cc1ccccc1Br)NCCNC1CC1. The molecule has 0 aliphatic heterocycles. The van der Waals surface area contributed by atoms with Crippen molar-refractivity contribution in [2.75, 3.05) is 13.1 Å². The van der Waals surface area contributed by atoms with Crippen LogP contribution in [0.2, 0.25) is 0 Å². The number of carbonyl (C=O) groups is 1. The van der Waals surface area contributed by atoms with Crippen molar-refractivity contribution in [3.05, 3.63) is 34.3 Å². The number of rotatable bonds is 6. The molecule has 3 nitrogen and oxygen atoms in total. The molecule has 4 heteroatoms. The van der Waals surface area contributed by atoms with Crippen molar-refractivity contribution in [2.45, 2.75) is 25.3 Å². The Hall–Kier alpha value is -0.870. The molecule has 0 bridgehead atoms. The molecule has 1 aromatic rings. The Balaban J connectivity index is 1.67. The Labute approximate surface area is 110 Å². The highest BCUT2D eigenvalue weighted by atomic mass is 79.9. The molecule has 2 rings (SSSR count). The second kappa shape index (κ2) is 6.17. The van der Waals surface area contributed by atoms with Crippen molar-refractivity contribution in [1.82, 2.24) is 10.6 Å². The lowest BCUT2D eigenvalue weighted by molar-refractivity contribution is -0.120. The Morgan fingerprint density at radius 1 is 1.29 bits per heavy atom. The molecule has 0 atom stereocenters. The molecule has 92 valence electrons. The number of halogens is 1. The van der Waals surface area contributed by atoms with Gasteiger partial charge in [0.05, 0.1) is 6.42 Å². The minimum atomic E-state index is 0.0782. The van der Waals surface area contributed by atoms with Gasteiger partial charge in [0.2, 0.25) is 5.91 Å². The van der Waals surface area contributed by atoms with Crippen LogP contribution in [0.3, 0.4) is 0 Å². The van der Waals surface area contributed by atoms with Crippen LogP contribution in [0.4, 0.5) is 0 Å². The largest absolute Gasteiger partial charge is 0.355 e. The monoisotopic (exact) mass is 296 g/mol. The number of benzene rings is 1. The van der Waals surface area contributed by atoms with Crippen LogP contribution in [0.5, 0.6) is 0 Å². The van der Waals surface area contributed by atoms with E-state index in [1.807, 2.05) is 24.3 Å². The summed E-state index contributed by atoms with van der Waals surface area (Å²) in [5.74, 6) is 0.0782. The molecule has 0 radical (unpaired) electrons. The smallest absolute Gasteiger partial charge is 0.224 e. The zero-order chi connectivity index (χ0) is 12.1. The Morgan fingerprint density at radius 2 is 2.06 bits per heavy atom. The van der Waals surface area contributed by atoms with Crippen LogP contribution in [-0.4, -0.2) is 25.0 Å². The third kappa shape index (κ3) is 4.48. The maximum atomic E-state index is 11.7. The summed E-state index contributed by atoms with van der Waals surface area (Å²) in [4.78, 5) is 11.7. The van der Waals surface area contributed by atoms with Gasteiger partial charge in [-0.1, -0.05) is 34.1 Å². The molecular formula is C13H17BrN2O. The van der Waals surface area contributed by atoms with E-state index in [4.69, 9.17) is 0 Å². The van der Waals surface area contributed by atoms with Gasteiger partial charge in [-0.05, 0) is 24.5 Å². The van der Waals surface area contributed by atoms with Gasteiger partial charge in [-0.25, -0.2) is 0 Å². The lowest BCUT2D eigenvalue weighted by Gasteiger charge is -2.07. The fourth-order valence-electron chi connectivity index (χ4n) is 1.64. The number of carbonyl (C=O) groups excluding carboxylic acids is 1. The van der Waals surface area contributed by atoms with Crippen molar-refractivity contribution < 1.29 is 4.79 Å². The first-order valence-corrected chi connectivity index (χ1v) is 6.78. The molecule has 1 aliphatic rings. The zero-order valence-corrected chi connectivity index (χ0v) is 11.3. The molecule has 0 unspecified atom stereocenters. The Kier molecular flexibility index (Phi) is 4.57. The molecule has 1 aliphatic carbocycles. The molecule has 1 aromatic carbocycles. The van der Waals surface area contributed by atoms with Crippen LogP contribution in [-0.2, 0) is 11.2 Å². The highest BCUT2D eigenvalue weighted by Crippen LogP contribution is 2.18. The summed E-state index contributed by atoms with van der Waals surface area (Å²) in [6, 6.07) is 8.52. The third-order valence-corrected chi connectivity index (χ3v) is 3.54. The van der Waals surface area contributed by atoms with Gasteiger partial charge < -0.3 is 10.6 Å². The summed E-state index contributed by atoms with van der Waals surface area (Å²) in [6.07, 6.45) is 3.00. The van der Waals surface area contributed by atoms with Gasteiger partial charge in [-0.2, -0.15) is 0 Å². The fraction of sp³-hybridized carbons (Fsp3) is 0.462. The summed E-state index contributed by atoms with van der Waals surface area (Å²) in [5, 5.41) is 6.28. The number of hydrogen-bond donors (Lipinski definition) is 2.